The molecule has 1 aromatic heterocycles. The van der Waals surface area contributed by atoms with Crippen molar-refractivity contribution in [1.29, 1.82) is 0 Å². The van der Waals surface area contributed by atoms with Crippen LogP contribution in [0.25, 0.3) is 0 Å². The molecule has 0 spiro atoms. The normalized spacial score (nSPS) is 19.2. The fourth-order valence-electron chi connectivity index (χ4n) is 3.20. The largest absolute Gasteiger partial charge is 0.373 e. The Morgan fingerprint density at radius 1 is 1.29 bits per heavy atom. The number of halogens is 3. The van der Waals surface area contributed by atoms with E-state index < -0.39 is 24.6 Å². The number of urea groups is 1. The fourth-order valence-corrected chi connectivity index (χ4v) is 3.20. The Kier molecular flexibility index (Phi) is 6.18. The summed E-state index contributed by atoms with van der Waals surface area (Å²) in [5, 5.41) is 2.37. The maximum atomic E-state index is 13.8. The van der Waals surface area contributed by atoms with Gasteiger partial charge in [0.05, 0.1) is 12.6 Å². The van der Waals surface area contributed by atoms with E-state index in [9.17, 15) is 18.0 Å². The molecule has 1 aliphatic heterocycles. The molecule has 1 N–H and O–H groups in total. The number of pyridine rings is 1. The second-order valence-corrected chi connectivity index (χ2v) is 6.85. The molecule has 2 aromatic rings. The van der Waals surface area contributed by atoms with E-state index in [1.54, 1.807) is 43.7 Å². The molecule has 1 aliphatic rings. The summed E-state index contributed by atoms with van der Waals surface area (Å²) >= 11 is 0. The van der Waals surface area contributed by atoms with Crippen LogP contribution in [0.1, 0.15) is 23.6 Å². The third kappa shape index (κ3) is 4.81. The SMILES string of the molecule is CN(C(=O)N[C@H]1COCC1(F)F)[C@H](CCc1ccc(F)cc1)c1ccncc1. The lowest BCUT2D eigenvalue weighted by molar-refractivity contribution is -0.0224. The van der Waals surface area contributed by atoms with Crippen LogP contribution in [0, 0.1) is 5.82 Å². The summed E-state index contributed by atoms with van der Waals surface area (Å²) in [7, 11) is 1.57. The zero-order valence-electron chi connectivity index (χ0n) is 15.4. The van der Waals surface area contributed by atoms with Gasteiger partial charge in [-0.25, -0.2) is 18.0 Å². The minimum atomic E-state index is -3.09. The first kappa shape index (κ1) is 20.1. The molecule has 1 aromatic carbocycles. The number of benzene rings is 1. The van der Waals surface area contributed by atoms with Crippen molar-refractivity contribution in [2.24, 2.45) is 0 Å². The van der Waals surface area contributed by atoms with Crippen molar-refractivity contribution in [3.05, 3.63) is 65.7 Å². The van der Waals surface area contributed by atoms with Gasteiger partial charge in [0.1, 0.15) is 18.5 Å². The van der Waals surface area contributed by atoms with Gasteiger partial charge in [0, 0.05) is 19.4 Å². The lowest BCUT2D eigenvalue weighted by Crippen LogP contribution is -2.51. The number of ether oxygens (including phenoxy) is 1. The molecule has 5 nitrogen and oxygen atoms in total. The number of amides is 2. The zero-order chi connectivity index (χ0) is 20.1. The first-order valence-corrected chi connectivity index (χ1v) is 9.00. The van der Waals surface area contributed by atoms with Crippen molar-refractivity contribution in [3.63, 3.8) is 0 Å². The highest BCUT2D eigenvalue weighted by atomic mass is 19.3. The van der Waals surface area contributed by atoms with E-state index in [1.165, 1.54) is 17.0 Å². The number of aryl methyl sites for hydroxylation is 1. The fraction of sp³-hybridized carbons (Fsp3) is 0.400. The third-order valence-electron chi connectivity index (χ3n) is 4.88. The maximum Gasteiger partial charge on any atom is 0.318 e. The number of alkyl halides is 2. The summed E-state index contributed by atoms with van der Waals surface area (Å²) in [4.78, 5) is 18.0. The summed E-state index contributed by atoms with van der Waals surface area (Å²) < 4.78 is 45.4. The van der Waals surface area contributed by atoms with Crippen molar-refractivity contribution in [1.82, 2.24) is 15.2 Å². The van der Waals surface area contributed by atoms with Crippen LogP contribution in [-0.2, 0) is 11.2 Å². The van der Waals surface area contributed by atoms with Crippen molar-refractivity contribution < 1.29 is 22.7 Å². The number of nitrogens with zero attached hydrogens (tertiary/aromatic N) is 2. The number of aromatic nitrogens is 1. The molecule has 2 atom stereocenters. The monoisotopic (exact) mass is 393 g/mol. The average Bonchev–Trinajstić information content (AvgIpc) is 3.02. The molecule has 1 saturated heterocycles. The van der Waals surface area contributed by atoms with Crippen molar-refractivity contribution in [2.45, 2.75) is 30.8 Å². The van der Waals surface area contributed by atoms with Gasteiger partial charge >= 0.3 is 6.03 Å². The second-order valence-electron chi connectivity index (χ2n) is 6.85. The molecular weight excluding hydrogens is 371 g/mol. The smallest absolute Gasteiger partial charge is 0.318 e. The van der Waals surface area contributed by atoms with Crippen molar-refractivity contribution in [2.75, 3.05) is 20.3 Å². The van der Waals surface area contributed by atoms with E-state index >= 15 is 0 Å². The lowest BCUT2D eigenvalue weighted by Gasteiger charge is -2.30. The first-order valence-electron chi connectivity index (χ1n) is 9.00. The van der Waals surface area contributed by atoms with Crippen LogP contribution in [0.15, 0.2) is 48.8 Å². The molecule has 0 unspecified atom stereocenters. The molecule has 1 fully saturated rings. The Bertz CT molecular complexity index is 787. The second kappa shape index (κ2) is 8.60. The Labute approximate surface area is 161 Å². The van der Waals surface area contributed by atoms with E-state index in [0.717, 1.165) is 11.1 Å². The number of carbonyl (C=O) groups excluding carboxylic acids is 1. The number of hydrogen-bond donors (Lipinski definition) is 1. The quantitative estimate of drug-likeness (QED) is 0.816. The van der Waals surface area contributed by atoms with E-state index in [2.05, 4.69) is 10.3 Å². The van der Waals surface area contributed by atoms with Crippen LogP contribution < -0.4 is 5.32 Å². The maximum absolute atomic E-state index is 13.8. The molecule has 150 valence electrons. The predicted molar refractivity (Wildman–Crippen MR) is 97.5 cm³/mol. The van der Waals surface area contributed by atoms with E-state index in [-0.39, 0.29) is 18.5 Å². The Balaban J connectivity index is 1.72. The molecule has 28 heavy (non-hydrogen) atoms. The molecule has 8 heteroatoms. The van der Waals surface area contributed by atoms with Gasteiger partial charge in [-0.2, -0.15) is 0 Å². The number of carbonyl (C=O) groups is 1. The highest BCUT2D eigenvalue weighted by molar-refractivity contribution is 5.75. The van der Waals surface area contributed by atoms with Gasteiger partial charge in [-0.3, -0.25) is 4.98 Å². The summed E-state index contributed by atoms with van der Waals surface area (Å²) in [6.45, 7) is -0.915. The predicted octanol–water partition coefficient (Wildman–Crippen LogP) is 3.57. The van der Waals surface area contributed by atoms with Crippen LogP contribution in [0.2, 0.25) is 0 Å². The third-order valence-corrected chi connectivity index (χ3v) is 4.88. The molecule has 2 amide bonds. The number of hydrogen-bond acceptors (Lipinski definition) is 3. The molecule has 0 bridgehead atoms. The summed E-state index contributed by atoms with van der Waals surface area (Å²) in [5.41, 5.74) is 1.76. The molecule has 3 rings (SSSR count). The number of nitrogens with one attached hydrogen (secondary N) is 1. The summed E-state index contributed by atoms with van der Waals surface area (Å²) in [5.74, 6) is -3.40. The highest BCUT2D eigenvalue weighted by Crippen LogP contribution is 2.28. The van der Waals surface area contributed by atoms with Crippen LogP contribution in [0.3, 0.4) is 0 Å². The Morgan fingerprint density at radius 3 is 2.57 bits per heavy atom. The van der Waals surface area contributed by atoms with Crippen molar-refractivity contribution >= 4 is 6.03 Å². The van der Waals surface area contributed by atoms with E-state index in [1.807, 2.05) is 0 Å². The Hall–Kier alpha value is -2.61. The molecule has 0 radical (unpaired) electrons. The summed E-state index contributed by atoms with van der Waals surface area (Å²) in [6.07, 6.45) is 4.36. The van der Waals surface area contributed by atoms with Crippen molar-refractivity contribution in [3.8, 4) is 0 Å². The highest BCUT2D eigenvalue weighted by Gasteiger charge is 2.46. The van der Waals surface area contributed by atoms with Crippen LogP contribution >= 0.6 is 0 Å². The van der Waals surface area contributed by atoms with E-state index in [0.29, 0.717) is 12.8 Å². The van der Waals surface area contributed by atoms with Crippen LogP contribution in [0.4, 0.5) is 18.0 Å². The van der Waals surface area contributed by atoms with Crippen LogP contribution in [0.5, 0.6) is 0 Å². The number of rotatable bonds is 6. The molecule has 0 aliphatic carbocycles. The van der Waals surface area contributed by atoms with Gasteiger partial charge in [-0.05, 0) is 48.2 Å². The van der Waals surface area contributed by atoms with Gasteiger partial charge in [-0.1, -0.05) is 12.1 Å². The van der Waals surface area contributed by atoms with Gasteiger partial charge < -0.3 is 15.0 Å². The lowest BCUT2D eigenvalue weighted by atomic mass is 9.98. The average molecular weight is 393 g/mol. The zero-order valence-corrected chi connectivity index (χ0v) is 15.4. The summed E-state index contributed by atoms with van der Waals surface area (Å²) in [6, 6.07) is 7.41. The van der Waals surface area contributed by atoms with Gasteiger partial charge in [-0.15, -0.1) is 0 Å². The molecular formula is C20H22F3N3O2. The Morgan fingerprint density at radius 2 is 1.96 bits per heavy atom. The first-order chi connectivity index (χ1) is 13.4. The van der Waals surface area contributed by atoms with Gasteiger partial charge in [0.15, 0.2) is 0 Å². The molecule has 0 saturated carbocycles. The van der Waals surface area contributed by atoms with Gasteiger partial charge in [0.25, 0.3) is 5.92 Å². The van der Waals surface area contributed by atoms with Gasteiger partial charge in [0.2, 0.25) is 0 Å². The standard InChI is InChI=1S/C20H22F3N3O2/c1-26(19(27)25-18-12-28-13-20(18,22)23)17(15-8-10-24-11-9-15)7-4-14-2-5-16(21)6-3-14/h2-3,5-6,8-11,17-18H,4,7,12-13H2,1H3,(H,25,27)/t17-,18+/m1/s1. The minimum absolute atomic E-state index is 0.220. The van der Waals surface area contributed by atoms with Crippen LogP contribution in [-0.4, -0.2) is 48.1 Å². The molecule has 2 heterocycles. The topological polar surface area (TPSA) is 54.5 Å². The minimum Gasteiger partial charge on any atom is -0.373 e. The van der Waals surface area contributed by atoms with E-state index in [4.69, 9.17) is 4.74 Å².